The van der Waals surface area contributed by atoms with Gasteiger partial charge in [0.2, 0.25) is 5.69 Å². The van der Waals surface area contributed by atoms with Crippen LogP contribution in [0.3, 0.4) is 0 Å². The van der Waals surface area contributed by atoms with Crippen molar-refractivity contribution < 1.29 is 40.9 Å². The SMILES string of the molecule is COC(=O)c1c(C(=O)OC)[n+](-c2ccccc2)cc2ccccc12.F[B-](F)(F)F. The number of fused-ring (bicyclic) bond motifs is 1. The molecule has 0 aliphatic rings. The summed E-state index contributed by atoms with van der Waals surface area (Å²) in [6.45, 7) is 0. The second kappa shape index (κ2) is 9.18. The van der Waals surface area contributed by atoms with Crippen LogP contribution >= 0.6 is 0 Å². The molecule has 0 saturated heterocycles. The smallest absolute Gasteiger partial charge is 0.465 e. The maximum absolute atomic E-state index is 12.4. The molecule has 0 saturated carbocycles. The van der Waals surface area contributed by atoms with Crippen molar-refractivity contribution in [2.45, 2.75) is 0 Å². The molecule has 0 bridgehead atoms. The minimum Gasteiger partial charge on any atom is -0.465 e. The first-order valence-corrected chi connectivity index (χ1v) is 8.24. The predicted molar refractivity (Wildman–Crippen MR) is 98.3 cm³/mol. The molecule has 1 aromatic heterocycles. The third kappa shape index (κ3) is 5.53. The van der Waals surface area contributed by atoms with Crippen molar-refractivity contribution in [3.63, 3.8) is 0 Å². The number of nitrogens with zero attached hydrogens (tertiary/aromatic N) is 1. The summed E-state index contributed by atoms with van der Waals surface area (Å²) in [5, 5.41) is 1.45. The van der Waals surface area contributed by atoms with E-state index in [9.17, 15) is 26.9 Å². The van der Waals surface area contributed by atoms with Crippen molar-refractivity contribution >= 4 is 30.0 Å². The summed E-state index contributed by atoms with van der Waals surface area (Å²) in [7, 11) is -3.42. The average molecular weight is 409 g/mol. The molecule has 0 aliphatic heterocycles. The molecule has 10 heteroatoms. The molecule has 1 heterocycles. The average Bonchev–Trinajstić information content (AvgIpc) is 2.70. The summed E-state index contributed by atoms with van der Waals surface area (Å²) in [5.74, 6) is -1.19. The van der Waals surface area contributed by atoms with Gasteiger partial charge in [0.25, 0.3) is 0 Å². The highest BCUT2D eigenvalue weighted by atomic mass is 19.5. The second-order valence-corrected chi connectivity index (χ2v) is 5.62. The van der Waals surface area contributed by atoms with Gasteiger partial charge in [-0.15, -0.1) is 0 Å². The molecule has 0 fully saturated rings. The fraction of sp³-hybridized carbons (Fsp3) is 0.105. The first-order chi connectivity index (χ1) is 13.7. The molecule has 0 spiro atoms. The van der Waals surface area contributed by atoms with E-state index in [-0.39, 0.29) is 11.3 Å². The number of carbonyl (C=O) groups excluding carboxylic acids is 2. The Morgan fingerprint density at radius 1 is 0.828 bits per heavy atom. The number of aromatic nitrogens is 1. The van der Waals surface area contributed by atoms with Crippen LogP contribution in [0.5, 0.6) is 0 Å². The number of esters is 2. The van der Waals surface area contributed by atoms with Crippen LogP contribution < -0.4 is 4.57 Å². The van der Waals surface area contributed by atoms with Gasteiger partial charge in [-0.3, -0.25) is 0 Å². The zero-order chi connectivity index (χ0) is 21.6. The van der Waals surface area contributed by atoms with E-state index >= 15 is 0 Å². The van der Waals surface area contributed by atoms with Gasteiger partial charge in [0.05, 0.1) is 14.2 Å². The minimum absolute atomic E-state index is 0.134. The van der Waals surface area contributed by atoms with Gasteiger partial charge in [-0.05, 0) is 6.07 Å². The van der Waals surface area contributed by atoms with Gasteiger partial charge in [-0.25, -0.2) is 9.59 Å². The summed E-state index contributed by atoms with van der Waals surface area (Å²) < 4.78 is 50.5. The van der Waals surface area contributed by atoms with Crippen LogP contribution in [0, 0.1) is 0 Å². The van der Waals surface area contributed by atoms with E-state index in [2.05, 4.69) is 0 Å². The van der Waals surface area contributed by atoms with Gasteiger partial charge in [-0.1, -0.05) is 36.4 Å². The van der Waals surface area contributed by atoms with Crippen LogP contribution in [0.2, 0.25) is 0 Å². The van der Waals surface area contributed by atoms with Gasteiger partial charge >= 0.3 is 24.9 Å². The number of para-hydroxylation sites is 1. The highest BCUT2D eigenvalue weighted by molar-refractivity contribution is 6.50. The Hall–Kier alpha value is -3.43. The fourth-order valence-corrected chi connectivity index (χ4v) is 2.69. The van der Waals surface area contributed by atoms with Crippen LogP contribution in [0.25, 0.3) is 16.5 Å². The number of hydrogen-bond acceptors (Lipinski definition) is 4. The third-order valence-corrected chi connectivity index (χ3v) is 3.78. The minimum atomic E-state index is -6.00. The van der Waals surface area contributed by atoms with E-state index in [1.807, 2.05) is 54.7 Å². The molecule has 0 aliphatic carbocycles. The highest BCUT2D eigenvalue weighted by Crippen LogP contribution is 2.22. The first kappa shape index (κ1) is 21.9. The molecule has 3 aromatic rings. The standard InChI is InChI=1S/C19H16NO4.BF4/c1-23-18(21)16-15-11-7-6-8-13(15)12-20(17(16)19(22)24-2)14-9-4-3-5-10-14;2-1(3,4)5/h3-12H,1-2H3;/q+1;-1. The van der Waals surface area contributed by atoms with E-state index in [1.165, 1.54) is 14.2 Å². The van der Waals surface area contributed by atoms with Gasteiger partial charge in [0, 0.05) is 22.9 Å². The molecule has 29 heavy (non-hydrogen) atoms. The van der Waals surface area contributed by atoms with Gasteiger partial charge in [-0.2, -0.15) is 4.57 Å². The molecule has 0 N–H and O–H groups in total. The van der Waals surface area contributed by atoms with E-state index < -0.39 is 19.2 Å². The molecule has 0 amide bonds. The lowest BCUT2D eigenvalue weighted by atomic mass is 10.0. The zero-order valence-corrected chi connectivity index (χ0v) is 15.4. The van der Waals surface area contributed by atoms with E-state index in [0.29, 0.717) is 5.39 Å². The van der Waals surface area contributed by atoms with Crippen LogP contribution in [-0.2, 0) is 9.47 Å². The van der Waals surface area contributed by atoms with Crippen molar-refractivity contribution in [1.82, 2.24) is 0 Å². The van der Waals surface area contributed by atoms with Crippen LogP contribution in [-0.4, -0.2) is 33.4 Å². The maximum Gasteiger partial charge on any atom is 0.673 e. The summed E-state index contributed by atoms with van der Waals surface area (Å²) in [4.78, 5) is 24.9. The predicted octanol–water partition coefficient (Wildman–Crippen LogP) is 3.99. The number of rotatable bonds is 3. The summed E-state index contributed by atoms with van der Waals surface area (Å²) in [6.07, 6.45) is 1.81. The molecule has 0 atom stereocenters. The molecule has 0 unspecified atom stereocenters. The van der Waals surface area contributed by atoms with Crippen molar-refractivity contribution in [3.05, 3.63) is 72.1 Å². The third-order valence-electron chi connectivity index (χ3n) is 3.78. The Bertz CT molecular complexity index is 1020. The Labute approximate surface area is 163 Å². The van der Waals surface area contributed by atoms with E-state index in [1.54, 1.807) is 10.6 Å². The zero-order valence-electron chi connectivity index (χ0n) is 15.4. The van der Waals surface area contributed by atoms with Crippen LogP contribution in [0.1, 0.15) is 20.8 Å². The lowest BCUT2D eigenvalue weighted by Crippen LogP contribution is -2.40. The first-order valence-electron chi connectivity index (χ1n) is 8.24. The number of carbonyl (C=O) groups is 2. The van der Waals surface area contributed by atoms with Crippen molar-refractivity contribution in [2.24, 2.45) is 0 Å². The van der Waals surface area contributed by atoms with E-state index in [0.717, 1.165) is 11.1 Å². The lowest BCUT2D eigenvalue weighted by Gasteiger charge is -2.09. The topological polar surface area (TPSA) is 56.5 Å². The molecular formula is C19H16BF4NO4. The maximum atomic E-state index is 12.4. The Kier molecular flexibility index (Phi) is 6.92. The van der Waals surface area contributed by atoms with Crippen LogP contribution in [0.15, 0.2) is 60.8 Å². The normalized spacial score (nSPS) is 10.7. The second-order valence-electron chi connectivity index (χ2n) is 5.62. The quantitative estimate of drug-likeness (QED) is 0.284. The number of ether oxygens (including phenoxy) is 2. The molecule has 152 valence electrons. The number of hydrogen-bond donors (Lipinski definition) is 0. The summed E-state index contributed by atoms with van der Waals surface area (Å²) in [6, 6.07) is 16.6. The van der Waals surface area contributed by atoms with Gasteiger partial charge in [0.15, 0.2) is 6.20 Å². The molecular weight excluding hydrogens is 393 g/mol. The molecule has 0 radical (unpaired) electrons. The lowest BCUT2D eigenvalue weighted by molar-refractivity contribution is -0.597. The van der Waals surface area contributed by atoms with Crippen LogP contribution in [0.4, 0.5) is 17.3 Å². The Morgan fingerprint density at radius 3 is 1.90 bits per heavy atom. The highest BCUT2D eigenvalue weighted by Gasteiger charge is 2.33. The molecule has 3 rings (SSSR count). The van der Waals surface area contributed by atoms with Gasteiger partial charge in [0.1, 0.15) is 5.56 Å². The van der Waals surface area contributed by atoms with E-state index in [4.69, 9.17) is 9.47 Å². The largest absolute Gasteiger partial charge is 0.673 e. The Balaban J connectivity index is 0.000000537. The van der Waals surface area contributed by atoms with Crippen molar-refractivity contribution in [2.75, 3.05) is 14.2 Å². The number of methoxy groups -OCH3 is 2. The number of pyridine rings is 1. The summed E-state index contributed by atoms with van der Waals surface area (Å²) in [5.41, 5.74) is 1.06. The van der Waals surface area contributed by atoms with Crippen molar-refractivity contribution in [1.29, 1.82) is 0 Å². The summed E-state index contributed by atoms with van der Waals surface area (Å²) >= 11 is 0. The molecule has 5 nitrogen and oxygen atoms in total. The number of halogens is 4. The Morgan fingerprint density at radius 2 is 1.34 bits per heavy atom. The van der Waals surface area contributed by atoms with Crippen molar-refractivity contribution in [3.8, 4) is 5.69 Å². The number of benzene rings is 2. The monoisotopic (exact) mass is 409 g/mol. The van der Waals surface area contributed by atoms with Gasteiger partial charge < -0.3 is 26.7 Å². The molecule has 2 aromatic carbocycles. The fourth-order valence-electron chi connectivity index (χ4n) is 2.69.